The van der Waals surface area contributed by atoms with Gasteiger partial charge in [-0.2, -0.15) is 4.98 Å². The molecule has 2 aromatic rings. The Labute approximate surface area is 98.7 Å². The van der Waals surface area contributed by atoms with Gasteiger partial charge in [0.1, 0.15) is 0 Å². The fourth-order valence-corrected chi connectivity index (χ4v) is 2.14. The molecule has 0 atom stereocenters. The van der Waals surface area contributed by atoms with Gasteiger partial charge in [-0.1, -0.05) is 11.2 Å². The summed E-state index contributed by atoms with van der Waals surface area (Å²) >= 11 is 1.71. The van der Waals surface area contributed by atoms with Gasteiger partial charge < -0.3 is 9.84 Å². The summed E-state index contributed by atoms with van der Waals surface area (Å²) in [6.45, 7) is 0.981. The first-order valence-corrected chi connectivity index (χ1v) is 6.25. The molecule has 2 rings (SSSR count). The van der Waals surface area contributed by atoms with E-state index in [4.69, 9.17) is 4.52 Å². The second-order valence-corrected chi connectivity index (χ2v) is 4.60. The number of aryl methyl sites for hydroxylation is 1. The third-order valence-corrected chi connectivity index (χ3v) is 3.12. The van der Waals surface area contributed by atoms with Gasteiger partial charge in [0, 0.05) is 11.3 Å². The minimum Gasteiger partial charge on any atom is -0.339 e. The van der Waals surface area contributed by atoms with Gasteiger partial charge in [-0.3, -0.25) is 0 Å². The number of nitrogens with zero attached hydrogens (tertiary/aromatic N) is 2. The molecular weight excluding hydrogens is 222 g/mol. The SMILES string of the molecule is CNCCCc1noc(Cc2cccs2)n1. The number of aromatic nitrogens is 2. The van der Waals surface area contributed by atoms with E-state index in [1.807, 2.05) is 13.1 Å². The molecule has 4 nitrogen and oxygen atoms in total. The van der Waals surface area contributed by atoms with E-state index in [9.17, 15) is 0 Å². The van der Waals surface area contributed by atoms with Crippen LogP contribution in [0.5, 0.6) is 0 Å². The van der Waals surface area contributed by atoms with Crippen molar-refractivity contribution in [2.45, 2.75) is 19.3 Å². The Balaban J connectivity index is 1.87. The highest BCUT2D eigenvalue weighted by molar-refractivity contribution is 7.09. The maximum atomic E-state index is 5.19. The summed E-state index contributed by atoms with van der Waals surface area (Å²) < 4.78 is 5.19. The zero-order valence-electron chi connectivity index (χ0n) is 9.27. The van der Waals surface area contributed by atoms with Crippen molar-refractivity contribution < 1.29 is 4.52 Å². The van der Waals surface area contributed by atoms with Gasteiger partial charge in [0.15, 0.2) is 5.82 Å². The zero-order valence-corrected chi connectivity index (χ0v) is 10.1. The predicted molar refractivity (Wildman–Crippen MR) is 63.7 cm³/mol. The van der Waals surface area contributed by atoms with Crippen molar-refractivity contribution in [1.82, 2.24) is 15.5 Å². The Kier molecular flexibility index (Phi) is 4.07. The van der Waals surface area contributed by atoms with Gasteiger partial charge in [0.25, 0.3) is 0 Å². The number of nitrogens with one attached hydrogen (secondary N) is 1. The van der Waals surface area contributed by atoms with E-state index < -0.39 is 0 Å². The van der Waals surface area contributed by atoms with Gasteiger partial charge in [0.2, 0.25) is 5.89 Å². The van der Waals surface area contributed by atoms with Crippen LogP contribution in [-0.2, 0) is 12.8 Å². The van der Waals surface area contributed by atoms with E-state index in [1.165, 1.54) is 4.88 Å². The van der Waals surface area contributed by atoms with Crippen molar-refractivity contribution in [3.63, 3.8) is 0 Å². The fraction of sp³-hybridized carbons (Fsp3) is 0.455. The zero-order chi connectivity index (χ0) is 11.2. The monoisotopic (exact) mass is 237 g/mol. The van der Waals surface area contributed by atoms with Crippen LogP contribution >= 0.6 is 11.3 Å². The van der Waals surface area contributed by atoms with Crippen LogP contribution in [0.25, 0.3) is 0 Å². The molecule has 1 N–H and O–H groups in total. The first-order chi connectivity index (χ1) is 7.88. The number of hydrogen-bond acceptors (Lipinski definition) is 5. The van der Waals surface area contributed by atoms with E-state index in [0.29, 0.717) is 5.89 Å². The molecule has 0 aromatic carbocycles. The van der Waals surface area contributed by atoms with Crippen molar-refractivity contribution in [3.05, 3.63) is 34.1 Å². The highest BCUT2D eigenvalue weighted by Gasteiger charge is 2.07. The Morgan fingerprint density at radius 2 is 2.44 bits per heavy atom. The molecule has 0 aliphatic rings. The van der Waals surface area contributed by atoms with Crippen molar-refractivity contribution in [2.75, 3.05) is 13.6 Å². The van der Waals surface area contributed by atoms with Crippen LogP contribution in [0.3, 0.4) is 0 Å². The second kappa shape index (κ2) is 5.77. The van der Waals surface area contributed by atoms with Crippen molar-refractivity contribution in [1.29, 1.82) is 0 Å². The second-order valence-electron chi connectivity index (χ2n) is 3.57. The van der Waals surface area contributed by atoms with Crippen molar-refractivity contribution in [3.8, 4) is 0 Å². The number of hydrogen-bond donors (Lipinski definition) is 1. The molecule has 2 heterocycles. The lowest BCUT2D eigenvalue weighted by molar-refractivity contribution is 0.379. The average molecular weight is 237 g/mol. The maximum Gasteiger partial charge on any atom is 0.231 e. The molecule has 16 heavy (non-hydrogen) atoms. The molecule has 5 heteroatoms. The molecule has 0 saturated heterocycles. The topological polar surface area (TPSA) is 51.0 Å². The van der Waals surface area contributed by atoms with Gasteiger partial charge >= 0.3 is 0 Å². The van der Waals surface area contributed by atoms with Gasteiger partial charge in [-0.05, 0) is 31.5 Å². The fourth-order valence-electron chi connectivity index (χ4n) is 1.45. The van der Waals surface area contributed by atoms with Crippen LogP contribution in [-0.4, -0.2) is 23.7 Å². The molecule has 0 unspecified atom stereocenters. The molecule has 0 aliphatic carbocycles. The molecular formula is C11H15N3OS. The van der Waals surface area contributed by atoms with Crippen LogP contribution in [0.1, 0.15) is 23.0 Å². The molecule has 0 fully saturated rings. The molecule has 0 bridgehead atoms. The minimum atomic E-state index is 0.710. The minimum absolute atomic E-state index is 0.710. The van der Waals surface area contributed by atoms with Crippen molar-refractivity contribution in [2.24, 2.45) is 0 Å². The Hall–Kier alpha value is -1.20. The first-order valence-electron chi connectivity index (χ1n) is 5.37. The molecule has 86 valence electrons. The summed E-state index contributed by atoms with van der Waals surface area (Å²) in [6.07, 6.45) is 2.65. The average Bonchev–Trinajstić information content (AvgIpc) is 2.91. The lowest BCUT2D eigenvalue weighted by Crippen LogP contribution is -2.08. The maximum absolute atomic E-state index is 5.19. The lowest BCUT2D eigenvalue weighted by Gasteiger charge is -1.93. The molecule has 0 spiro atoms. The van der Waals surface area contributed by atoms with Crippen LogP contribution in [0.15, 0.2) is 22.0 Å². The highest BCUT2D eigenvalue weighted by Crippen LogP contribution is 2.13. The standard InChI is InChI=1S/C11H15N3OS/c1-12-6-2-5-10-13-11(15-14-10)8-9-4-3-7-16-9/h3-4,7,12H,2,5-6,8H2,1H3. The van der Waals surface area contributed by atoms with E-state index >= 15 is 0 Å². The summed E-state index contributed by atoms with van der Waals surface area (Å²) in [5, 5.41) is 9.11. The number of rotatable bonds is 6. The van der Waals surface area contributed by atoms with Crippen molar-refractivity contribution >= 4 is 11.3 Å². The molecule has 0 radical (unpaired) electrons. The number of thiophene rings is 1. The molecule has 0 saturated carbocycles. The Bertz CT molecular complexity index is 411. The molecule has 0 aliphatic heterocycles. The quantitative estimate of drug-likeness (QED) is 0.779. The summed E-state index contributed by atoms with van der Waals surface area (Å²) in [7, 11) is 1.94. The molecule has 2 aromatic heterocycles. The third kappa shape index (κ3) is 3.15. The summed E-state index contributed by atoms with van der Waals surface area (Å²) in [5.41, 5.74) is 0. The first kappa shape index (κ1) is 11.3. The summed E-state index contributed by atoms with van der Waals surface area (Å²) in [4.78, 5) is 5.61. The van der Waals surface area contributed by atoms with Gasteiger partial charge in [-0.25, -0.2) is 0 Å². The van der Waals surface area contributed by atoms with Gasteiger partial charge in [-0.15, -0.1) is 11.3 Å². The Morgan fingerprint density at radius 1 is 1.50 bits per heavy atom. The van der Waals surface area contributed by atoms with Gasteiger partial charge in [0.05, 0.1) is 6.42 Å². The summed E-state index contributed by atoms with van der Waals surface area (Å²) in [6, 6.07) is 4.11. The third-order valence-electron chi connectivity index (χ3n) is 2.24. The lowest BCUT2D eigenvalue weighted by atomic mass is 10.3. The largest absolute Gasteiger partial charge is 0.339 e. The van der Waals surface area contributed by atoms with E-state index in [1.54, 1.807) is 11.3 Å². The van der Waals surface area contributed by atoms with E-state index in [2.05, 4.69) is 26.9 Å². The van der Waals surface area contributed by atoms with E-state index in [-0.39, 0.29) is 0 Å². The van der Waals surface area contributed by atoms with Crippen LogP contribution in [0.2, 0.25) is 0 Å². The predicted octanol–water partition coefficient (Wildman–Crippen LogP) is 1.87. The summed E-state index contributed by atoms with van der Waals surface area (Å²) in [5.74, 6) is 1.52. The normalized spacial score (nSPS) is 10.8. The van der Waals surface area contributed by atoms with Crippen LogP contribution in [0.4, 0.5) is 0 Å². The Morgan fingerprint density at radius 3 is 3.19 bits per heavy atom. The van der Waals surface area contributed by atoms with E-state index in [0.717, 1.165) is 31.6 Å². The highest BCUT2D eigenvalue weighted by atomic mass is 32.1. The smallest absolute Gasteiger partial charge is 0.231 e. The van der Waals surface area contributed by atoms with Crippen LogP contribution < -0.4 is 5.32 Å². The molecule has 0 amide bonds. The van der Waals surface area contributed by atoms with Crippen LogP contribution in [0, 0.1) is 0 Å².